The van der Waals surface area contributed by atoms with E-state index in [1.807, 2.05) is 12.3 Å². The van der Waals surface area contributed by atoms with Gasteiger partial charge in [-0.15, -0.1) is 0 Å². The minimum absolute atomic E-state index is 0.00319. The van der Waals surface area contributed by atoms with Gasteiger partial charge in [0.1, 0.15) is 0 Å². The topological polar surface area (TPSA) is 42.0 Å². The van der Waals surface area contributed by atoms with Crippen molar-refractivity contribution in [3.05, 3.63) is 53.3 Å². The normalized spacial score (nSPS) is 15.4. The van der Waals surface area contributed by atoms with Gasteiger partial charge in [0.25, 0.3) is 5.91 Å². The second-order valence-electron chi connectivity index (χ2n) is 6.59. The second kappa shape index (κ2) is 6.95. The summed E-state index contributed by atoms with van der Waals surface area (Å²) < 4.78 is 0. The maximum Gasteiger partial charge on any atom is 0.253 e. The molecule has 1 aromatic carbocycles. The van der Waals surface area contributed by atoms with Gasteiger partial charge in [-0.2, -0.15) is 0 Å². The minimum atomic E-state index is -0.00319. The molecule has 3 heteroatoms. The van der Waals surface area contributed by atoms with E-state index in [1.54, 1.807) is 6.20 Å². The Balaban J connectivity index is 1.81. The van der Waals surface area contributed by atoms with E-state index in [-0.39, 0.29) is 5.91 Å². The zero-order valence-corrected chi connectivity index (χ0v) is 13.9. The summed E-state index contributed by atoms with van der Waals surface area (Å²) in [4.78, 5) is 16.8. The summed E-state index contributed by atoms with van der Waals surface area (Å²) in [5.74, 6) is -0.00319. The molecular weight excluding hydrogens is 284 g/mol. The van der Waals surface area contributed by atoms with Crippen LogP contribution in [0.15, 0.2) is 36.7 Å². The van der Waals surface area contributed by atoms with Crippen LogP contribution in [0.25, 0.3) is 11.1 Å². The Bertz CT molecular complexity index is 703. The van der Waals surface area contributed by atoms with Crippen LogP contribution >= 0.6 is 0 Å². The Morgan fingerprint density at radius 3 is 2.65 bits per heavy atom. The summed E-state index contributed by atoms with van der Waals surface area (Å²) >= 11 is 0. The van der Waals surface area contributed by atoms with Crippen molar-refractivity contribution in [1.82, 2.24) is 10.3 Å². The number of aryl methyl sites for hydroxylation is 2. The molecule has 1 amide bonds. The van der Waals surface area contributed by atoms with Crippen LogP contribution in [0.3, 0.4) is 0 Å². The fraction of sp³-hybridized carbons (Fsp3) is 0.400. The number of amides is 1. The Morgan fingerprint density at radius 1 is 1.09 bits per heavy atom. The SMILES string of the molecule is Cc1ccc(C)c(-c2cncc(C(=O)NC3CCCCC3)c2)c1. The van der Waals surface area contributed by atoms with Gasteiger partial charge >= 0.3 is 0 Å². The van der Waals surface area contributed by atoms with Gasteiger partial charge < -0.3 is 5.32 Å². The summed E-state index contributed by atoms with van der Waals surface area (Å²) in [6.45, 7) is 4.17. The molecule has 1 N–H and O–H groups in total. The lowest BCUT2D eigenvalue weighted by atomic mass is 9.95. The molecule has 3 nitrogen and oxygen atoms in total. The molecule has 2 aromatic rings. The molecule has 1 heterocycles. The highest BCUT2D eigenvalue weighted by molar-refractivity contribution is 5.95. The monoisotopic (exact) mass is 308 g/mol. The van der Waals surface area contributed by atoms with E-state index in [1.165, 1.54) is 30.4 Å². The fourth-order valence-corrected chi connectivity index (χ4v) is 3.27. The molecule has 0 bridgehead atoms. The standard InChI is InChI=1S/C20H24N2O/c1-14-8-9-15(2)19(10-14)16-11-17(13-21-12-16)20(23)22-18-6-4-3-5-7-18/h8-13,18H,3-7H2,1-2H3,(H,22,23). The van der Waals surface area contributed by atoms with Crippen molar-refractivity contribution in [3.8, 4) is 11.1 Å². The number of hydrogen-bond donors (Lipinski definition) is 1. The highest BCUT2D eigenvalue weighted by Crippen LogP contribution is 2.25. The van der Waals surface area contributed by atoms with Gasteiger partial charge in [-0.3, -0.25) is 9.78 Å². The van der Waals surface area contributed by atoms with E-state index < -0.39 is 0 Å². The number of carbonyl (C=O) groups excluding carboxylic acids is 1. The number of aromatic nitrogens is 1. The lowest BCUT2D eigenvalue weighted by Gasteiger charge is -2.22. The van der Waals surface area contributed by atoms with Crippen LogP contribution in [0.1, 0.15) is 53.6 Å². The molecule has 120 valence electrons. The molecular formula is C20H24N2O. The number of pyridine rings is 1. The van der Waals surface area contributed by atoms with Gasteiger partial charge in [0, 0.05) is 24.0 Å². The first-order valence-electron chi connectivity index (χ1n) is 8.47. The van der Waals surface area contributed by atoms with Crippen molar-refractivity contribution in [3.63, 3.8) is 0 Å². The number of carbonyl (C=O) groups is 1. The van der Waals surface area contributed by atoms with Gasteiger partial charge in [-0.1, -0.05) is 43.0 Å². The van der Waals surface area contributed by atoms with Crippen LogP contribution in [0.5, 0.6) is 0 Å². The first kappa shape index (κ1) is 15.7. The summed E-state index contributed by atoms with van der Waals surface area (Å²) in [6.07, 6.45) is 9.39. The van der Waals surface area contributed by atoms with E-state index >= 15 is 0 Å². The summed E-state index contributed by atoms with van der Waals surface area (Å²) in [5, 5.41) is 3.16. The van der Waals surface area contributed by atoms with E-state index in [0.717, 1.165) is 24.0 Å². The highest BCUT2D eigenvalue weighted by atomic mass is 16.1. The molecule has 0 spiro atoms. The first-order valence-corrected chi connectivity index (χ1v) is 8.47. The molecule has 1 aromatic heterocycles. The average molecular weight is 308 g/mol. The Kier molecular flexibility index (Phi) is 4.75. The lowest BCUT2D eigenvalue weighted by molar-refractivity contribution is 0.0927. The van der Waals surface area contributed by atoms with Crippen LogP contribution in [0.2, 0.25) is 0 Å². The summed E-state index contributed by atoms with van der Waals surface area (Å²) in [5.41, 5.74) is 5.20. The van der Waals surface area contributed by atoms with E-state index in [4.69, 9.17) is 0 Å². The number of hydrogen-bond acceptors (Lipinski definition) is 2. The summed E-state index contributed by atoms with van der Waals surface area (Å²) in [6, 6.07) is 8.63. The number of rotatable bonds is 3. The molecule has 0 aliphatic heterocycles. The molecule has 0 radical (unpaired) electrons. The number of nitrogens with zero attached hydrogens (tertiary/aromatic N) is 1. The Hall–Kier alpha value is -2.16. The van der Waals surface area contributed by atoms with Crippen molar-refractivity contribution < 1.29 is 4.79 Å². The first-order chi connectivity index (χ1) is 11.1. The molecule has 0 atom stereocenters. The van der Waals surface area contributed by atoms with Crippen molar-refractivity contribution in [2.24, 2.45) is 0 Å². The van der Waals surface area contributed by atoms with Gasteiger partial charge in [0.2, 0.25) is 0 Å². The van der Waals surface area contributed by atoms with Crippen molar-refractivity contribution in [2.75, 3.05) is 0 Å². The molecule has 3 rings (SSSR count). The molecule has 1 aliphatic rings. The fourth-order valence-electron chi connectivity index (χ4n) is 3.27. The molecule has 1 saturated carbocycles. The maximum atomic E-state index is 12.5. The third-order valence-electron chi connectivity index (χ3n) is 4.64. The minimum Gasteiger partial charge on any atom is -0.349 e. The van der Waals surface area contributed by atoms with Gasteiger partial charge in [-0.25, -0.2) is 0 Å². The zero-order valence-electron chi connectivity index (χ0n) is 13.9. The van der Waals surface area contributed by atoms with Crippen molar-refractivity contribution >= 4 is 5.91 Å². The van der Waals surface area contributed by atoms with Crippen LogP contribution < -0.4 is 5.32 Å². The largest absolute Gasteiger partial charge is 0.349 e. The Morgan fingerprint density at radius 2 is 1.87 bits per heavy atom. The second-order valence-corrected chi connectivity index (χ2v) is 6.59. The third kappa shape index (κ3) is 3.79. The zero-order chi connectivity index (χ0) is 16.2. The maximum absolute atomic E-state index is 12.5. The van der Waals surface area contributed by atoms with E-state index in [0.29, 0.717) is 11.6 Å². The smallest absolute Gasteiger partial charge is 0.253 e. The number of benzene rings is 1. The Labute approximate surface area is 138 Å². The van der Waals surface area contributed by atoms with Gasteiger partial charge in [-0.05, 0) is 43.9 Å². The molecule has 1 aliphatic carbocycles. The predicted octanol–water partition coefficient (Wildman–Crippen LogP) is 4.43. The molecule has 1 fully saturated rings. The highest BCUT2D eigenvalue weighted by Gasteiger charge is 2.17. The molecule has 0 saturated heterocycles. The van der Waals surface area contributed by atoms with Crippen molar-refractivity contribution in [2.45, 2.75) is 52.0 Å². The quantitative estimate of drug-likeness (QED) is 0.911. The van der Waals surface area contributed by atoms with Crippen LogP contribution in [-0.2, 0) is 0 Å². The average Bonchev–Trinajstić information content (AvgIpc) is 2.58. The molecule has 0 unspecified atom stereocenters. The summed E-state index contributed by atoms with van der Waals surface area (Å²) in [7, 11) is 0. The van der Waals surface area contributed by atoms with E-state index in [9.17, 15) is 4.79 Å². The third-order valence-corrected chi connectivity index (χ3v) is 4.64. The van der Waals surface area contributed by atoms with Crippen molar-refractivity contribution in [1.29, 1.82) is 0 Å². The predicted molar refractivity (Wildman–Crippen MR) is 93.5 cm³/mol. The lowest BCUT2D eigenvalue weighted by Crippen LogP contribution is -2.36. The van der Waals surface area contributed by atoms with E-state index in [2.05, 4.69) is 42.3 Å². The van der Waals surface area contributed by atoms with Crippen LogP contribution in [0, 0.1) is 13.8 Å². The van der Waals surface area contributed by atoms with Gasteiger partial charge in [0.05, 0.1) is 5.56 Å². The molecule has 23 heavy (non-hydrogen) atoms. The van der Waals surface area contributed by atoms with Gasteiger partial charge in [0.15, 0.2) is 0 Å². The van der Waals surface area contributed by atoms with Crippen LogP contribution in [-0.4, -0.2) is 16.9 Å². The number of nitrogens with one attached hydrogen (secondary N) is 1. The van der Waals surface area contributed by atoms with Crippen LogP contribution in [0.4, 0.5) is 0 Å².